The van der Waals surface area contributed by atoms with Gasteiger partial charge in [-0.3, -0.25) is 0 Å². The number of nitrogens with one attached hydrogen (secondary N) is 1. The molecule has 0 aliphatic heterocycles. The van der Waals surface area contributed by atoms with Gasteiger partial charge in [-0.25, -0.2) is 9.97 Å². The van der Waals surface area contributed by atoms with Crippen LogP contribution in [0, 0.1) is 6.92 Å². The lowest BCUT2D eigenvalue weighted by molar-refractivity contribution is 0.721. The second-order valence-electron chi connectivity index (χ2n) is 4.16. The van der Waals surface area contributed by atoms with Crippen molar-refractivity contribution in [1.82, 2.24) is 15.3 Å². The van der Waals surface area contributed by atoms with E-state index in [1.165, 1.54) is 5.56 Å². The second-order valence-corrected chi connectivity index (χ2v) is 5.01. The molecule has 4 heteroatoms. The van der Waals surface area contributed by atoms with Crippen LogP contribution in [0.5, 0.6) is 0 Å². The third-order valence-electron chi connectivity index (χ3n) is 2.71. The summed E-state index contributed by atoms with van der Waals surface area (Å²) in [5.74, 6) is 0.760. The topological polar surface area (TPSA) is 37.8 Å². The summed E-state index contributed by atoms with van der Waals surface area (Å²) in [4.78, 5) is 8.80. The molecular weight excluding hydrogens is 290 g/mol. The molecule has 0 bridgehead atoms. The summed E-state index contributed by atoms with van der Waals surface area (Å²) in [6.45, 7) is 5.91. The Morgan fingerprint density at radius 1 is 1.22 bits per heavy atom. The maximum Gasteiger partial charge on any atom is 0.159 e. The van der Waals surface area contributed by atoms with Gasteiger partial charge >= 0.3 is 0 Å². The largest absolute Gasteiger partial charge is 0.313 e. The minimum atomic E-state index is 0.760. The van der Waals surface area contributed by atoms with Crippen molar-refractivity contribution in [3.63, 3.8) is 0 Å². The van der Waals surface area contributed by atoms with Gasteiger partial charge in [0.05, 0.1) is 0 Å². The average Bonchev–Trinajstić information content (AvgIpc) is 2.40. The Morgan fingerprint density at radius 3 is 2.56 bits per heavy atom. The zero-order valence-electron chi connectivity index (χ0n) is 10.6. The lowest BCUT2D eigenvalue weighted by atomic mass is 10.1. The molecule has 0 saturated heterocycles. The van der Waals surface area contributed by atoms with Crippen LogP contribution in [-0.2, 0) is 6.54 Å². The molecule has 0 saturated carbocycles. The fraction of sp³-hybridized carbons (Fsp3) is 0.286. The summed E-state index contributed by atoms with van der Waals surface area (Å²) in [5.41, 5.74) is 3.34. The highest BCUT2D eigenvalue weighted by molar-refractivity contribution is 9.10. The highest BCUT2D eigenvalue weighted by atomic mass is 79.9. The van der Waals surface area contributed by atoms with Crippen molar-refractivity contribution in [2.75, 3.05) is 6.54 Å². The van der Waals surface area contributed by atoms with Crippen LogP contribution in [-0.4, -0.2) is 16.5 Å². The molecule has 1 heterocycles. The van der Waals surface area contributed by atoms with Gasteiger partial charge in [-0.05, 0) is 25.1 Å². The third kappa shape index (κ3) is 3.15. The number of aromatic nitrogens is 2. The standard InChI is InChI=1S/C14H16BrN3/c1-3-16-7-11-8-17-14(18-9-11)12-5-4-10(2)13(15)6-12/h4-6,8-9,16H,3,7H2,1-2H3. The fourth-order valence-electron chi connectivity index (χ4n) is 1.60. The molecule has 3 nitrogen and oxygen atoms in total. The zero-order valence-corrected chi connectivity index (χ0v) is 12.2. The minimum Gasteiger partial charge on any atom is -0.313 e. The van der Waals surface area contributed by atoms with Crippen molar-refractivity contribution in [3.05, 3.63) is 46.2 Å². The quantitative estimate of drug-likeness (QED) is 0.941. The maximum atomic E-state index is 4.40. The van der Waals surface area contributed by atoms with Gasteiger partial charge in [0.2, 0.25) is 0 Å². The number of nitrogens with zero attached hydrogens (tertiary/aromatic N) is 2. The fourth-order valence-corrected chi connectivity index (χ4v) is 1.98. The third-order valence-corrected chi connectivity index (χ3v) is 3.57. The van der Waals surface area contributed by atoms with Crippen molar-refractivity contribution in [2.45, 2.75) is 20.4 Å². The van der Waals surface area contributed by atoms with Crippen molar-refractivity contribution in [1.29, 1.82) is 0 Å². The number of aryl methyl sites for hydroxylation is 1. The first-order chi connectivity index (χ1) is 8.70. The molecule has 0 unspecified atom stereocenters. The average molecular weight is 306 g/mol. The summed E-state index contributed by atoms with van der Waals surface area (Å²) in [6, 6.07) is 6.16. The maximum absolute atomic E-state index is 4.40. The Hall–Kier alpha value is -1.26. The number of hydrogen-bond donors (Lipinski definition) is 1. The minimum absolute atomic E-state index is 0.760. The Labute approximate surface area is 116 Å². The molecule has 1 aromatic heterocycles. The number of rotatable bonds is 4. The second kappa shape index (κ2) is 6.07. The highest BCUT2D eigenvalue weighted by Crippen LogP contribution is 2.22. The van der Waals surface area contributed by atoms with Gasteiger partial charge in [0.1, 0.15) is 0 Å². The molecule has 2 rings (SSSR count). The number of hydrogen-bond acceptors (Lipinski definition) is 3. The Morgan fingerprint density at radius 2 is 1.94 bits per heavy atom. The van der Waals surface area contributed by atoms with Crippen LogP contribution in [0.4, 0.5) is 0 Å². The molecule has 0 spiro atoms. The first-order valence-electron chi connectivity index (χ1n) is 5.99. The van der Waals surface area contributed by atoms with Gasteiger partial charge in [-0.1, -0.05) is 35.0 Å². The molecule has 18 heavy (non-hydrogen) atoms. The van der Waals surface area contributed by atoms with E-state index in [4.69, 9.17) is 0 Å². The molecule has 1 aromatic carbocycles. The smallest absolute Gasteiger partial charge is 0.159 e. The molecule has 0 radical (unpaired) electrons. The normalized spacial score (nSPS) is 10.6. The van der Waals surface area contributed by atoms with E-state index in [1.54, 1.807) is 0 Å². The van der Waals surface area contributed by atoms with Crippen LogP contribution in [0.25, 0.3) is 11.4 Å². The first-order valence-corrected chi connectivity index (χ1v) is 6.78. The molecule has 0 aliphatic carbocycles. The van der Waals surface area contributed by atoms with E-state index in [0.29, 0.717) is 0 Å². The van der Waals surface area contributed by atoms with E-state index in [0.717, 1.165) is 34.5 Å². The lowest BCUT2D eigenvalue weighted by Crippen LogP contribution is -2.12. The lowest BCUT2D eigenvalue weighted by Gasteiger charge is -2.05. The van der Waals surface area contributed by atoms with Gasteiger partial charge in [-0.2, -0.15) is 0 Å². The Balaban J connectivity index is 2.20. The Bertz CT molecular complexity index is 523. The predicted molar refractivity (Wildman–Crippen MR) is 77.3 cm³/mol. The van der Waals surface area contributed by atoms with Crippen LogP contribution < -0.4 is 5.32 Å². The summed E-state index contributed by atoms with van der Waals surface area (Å²) in [5, 5.41) is 3.25. The molecule has 2 aromatic rings. The van der Waals surface area contributed by atoms with Crippen LogP contribution in [0.15, 0.2) is 35.1 Å². The molecular formula is C14H16BrN3. The predicted octanol–water partition coefficient (Wildman–Crippen LogP) is 3.32. The van der Waals surface area contributed by atoms with Crippen molar-refractivity contribution < 1.29 is 0 Å². The van der Waals surface area contributed by atoms with Crippen molar-refractivity contribution >= 4 is 15.9 Å². The molecule has 0 aliphatic rings. The van der Waals surface area contributed by atoms with E-state index in [9.17, 15) is 0 Å². The van der Waals surface area contributed by atoms with Gasteiger partial charge in [0.15, 0.2) is 5.82 Å². The summed E-state index contributed by atoms with van der Waals surface area (Å²) >= 11 is 3.53. The molecule has 0 amide bonds. The number of benzene rings is 1. The van der Waals surface area contributed by atoms with E-state index >= 15 is 0 Å². The monoisotopic (exact) mass is 305 g/mol. The van der Waals surface area contributed by atoms with Gasteiger partial charge in [-0.15, -0.1) is 0 Å². The summed E-state index contributed by atoms with van der Waals surface area (Å²) < 4.78 is 1.08. The van der Waals surface area contributed by atoms with E-state index < -0.39 is 0 Å². The first kappa shape index (κ1) is 13.2. The summed E-state index contributed by atoms with van der Waals surface area (Å²) in [7, 11) is 0. The molecule has 0 atom stereocenters. The summed E-state index contributed by atoms with van der Waals surface area (Å²) in [6.07, 6.45) is 3.75. The van der Waals surface area contributed by atoms with Gasteiger partial charge in [0, 0.05) is 34.5 Å². The van der Waals surface area contributed by atoms with Crippen LogP contribution in [0.3, 0.4) is 0 Å². The van der Waals surface area contributed by atoms with Crippen molar-refractivity contribution in [3.8, 4) is 11.4 Å². The van der Waals surface area contributed by atoms with Crippen LogP contribution in [0.1, 0.15) is 18.1 Å². The Kier molecular flexibility index (Phi) is 4.44. The van der Waals surface area contributed by atoms with Gasteiger partial charge in [0.25, 0.3) is 0 Å². The van der Waals surface area contributed by atoms with Crippen LogP contribution >= 0.6 is 15.9 Å². The molecule has 0 fully saturated rings. The highest BCUT2D eigenvalue weighted by Gasteiger charge is 2.03. The molecule has 1 N–H and O–H groups in total. The van der Waals surface area contributed by atoms with Crippen molar-refractivity contribution in [2.24, 2.45) is 0 Å². The van der Waals surface area contributed by atoms with E-state index in [2.05, 4.69) is 57.2 Å². The van der Waals surface area contributed by atoms with Crippen LogP contribution in [0.2, 0.25) is 0 Å². The van der Waals surface area contributed by atoms with E-state index in [-0.39, 0.29) is 0 Å². The van der Waals surface area contributed by atoms with Gasteiger partial charge < -0.3 is 5.32 Å². The number of halogens is 1. The SMILES string of the molecule is CCNCc1cnc(-c2ccc(C)c(Br)c2)nc1. The van der Waals surface area contributed by atoms with E-state index in [1.807, 2.05) is 18.5 Å². The molecule has 94 valence electrons. The zero-order chi connectivity index (χ0) is 13.0.